The highest BCUT2D eigenvalue weighted by Crippen LogP contribution is 2.56. The van der Waals surface area contributed by atoms with Crippen LogP contribution < -0.4 is 0 Å². The molecule has 13 aromatic rings. The number of fused-ring (bicyclic) bond motifs is 3. The Bertz CT molecular complexity index is 4300. The van der Waals surface area contributed by atoms with Crippen LogP contribution in [0, 0.1) is 0 Å². The summed E-state index contributed by atoms with van der Waals surface area (Å²) in [4.78, 5) is 31.0. The second-order valence-corrected chi connectivity index (χ2v) is 19.4. The average molecular weight is 958 g/mol. The molecule has 0 fully saturated rings. The van der Waals surface area contributed by atoms with Crippen molar-refractivity contribution in [2.45, 2.75) is 11.8 Å². The molecule has 0 saturated carbocycles. The predicted octanol–water partition coefficient (Wildman–Crippen LogP) is 15.8. The van der Waals surface area contributed by atoms with Gasteiger partial charge >= 0.3 is 0 Å². The van der Waals surface area contributed by atoms with Gasteiger partial charge in [0, 0.05) is 61.7 Å². The van der Waals surface area contributed by atoms with Crippen LogP contribution >= 0.6 is 0 Å². The Morgan fingerprint density at radius 3 is 1.15 bits per heavy atom. The molecule has 2 atom stereocenters. The van der Waals surface area contributed by atoms with Crippen molar-refractivity contribution in [2.24, 2.45) is 0 Å². The van der Waals surface area contributed by atoms with Gasteiger partial charge in [-0.1, -0.05) is 206 Å². The maximum atomic E-state index is 5.35. The van der Waals surface area contributed by atoms with Crippen molar-refractivity contribution >= 4 is 21.8 Å². The van der Waals surface area contributed by atoms with Crippen LogP contribution in [0.2, 0.25) is 0 Å². The maximum Gasteiger partial charge on any atom is 0.164 e. The topological polar surface area (TPSA) is 82.3 Å². The molecule has 7 heteroatoms. The fourth-order valence-corrected chi connectivity index (χ4v) is 11.7. The smallest absolute Gasteiger partial charge is 0.164 e. The average Bonchev–Trinajstić information content (AvgIpc) is 3.86. The van der Waals surface area contributed by atoms with E-state index in [0.717, 1.165) is 55.7 Å². The largest absolute Gasteiger partial charge is 0.309 e. The normalized spacial score (nSPS) is 14.1. The molecular formula is C68H43N7. The summed E-state index contributed by atoms with van der Waals surface area (Å²) in [5, 5.41) is 2.41. The highest BCUT2D eigenvalue weighted by Gasteiger charge is 2.41. The lowest BCUT2D eigenvalue weighted by Gasteiger charge is -2.42. The van der Waals surface area contributed by atoms with Crippen molar-refractivity contribution in [1.82, 2.24) is 34.5 Å². The summed E-state index contributed by atoms with van der Waals surface area (Å²) < 4.78 is 2.36. The number of benzene rings is 10. The quantitative estimate of drug-likeness (QED) is 0.151. The molecule has 3 aliphatic rings. The number of para-hydroxylation sites is 2. The third-order valence-electron chi connectivity index (χ3n) is 15.1. The zero-order valence-electron chi connectivity index (χ0n) is 40.5. The molecule has 2 unspecified atom stereocenters. The number of nitrogens with zero attached hydrogens (tertiary/aromatic N) is 7. The predicted molar refractivity (Wildman–Crippen MR) is 300 cm³/mol. The molecule has 350 valence electrons. The lowest BCUT2D eigenvalue weighted by Crippen LogP contribution is -2.27. The highest BCUT2D eigenvalue weighted by molar-refractivity contribution is 6.15. The van der Waals surface area contributed by atoms with Gasteiger partial charge in [-0.15, -0.1) is 0 Å². The van der Waals surface area contributed by atoms with Crippen LogP contribution in [0.4, 0.5) is 0 Å². The summed E-state index contributed by atoms with van der Waals surface area (Å²) in [6, 6.07) is 87.6. The Labute approximate surface area is 433 Å². The Hall–Kier alpha value is -9.98. The minimum atomic E-state index is 0.00504. The Morgan fingerprint density at radius 2 is 0.627 bits per heavy atom. The van der Waals surface area contributed by atoms with E-state index in [4.69, 9.17) is 29.9 Å². The molecule has 0 radical (unpaired) electrons. The van der Waals surface area contributed by atoms with E-state index < -0.39 is 0 Å². The molecule has 0 N–H and O–H groups in total. The van der Waals surface area contributed by atoms with Crippen LogP contribution in [0.1, 0.15) is 45.2 Å². The number of hydrogen-bond acceptors (Lipinski definition) is 6. The van der Waals surface area contributed by atoms with Gasteiger partial charge in [-0.3, -0.25) is 0 Å². The number of rotatable bonds is 8. The molecule has 2 bridgehead atoms. The third kappa shape index (κ3) is 7.12. The molecule has 10 aromatic carbocycles. The van der Waals surface area contributed by atoms with Crippen molar-refractivity contribution in [3.8, 4) is 85.1 Å². The van der Waals surface area contributed by atoms with Gasteiger partial charge in [0.2, 0.25) is 0 Å². The van der Waals surface area contributed by atoms with Crippen LogP contribution in [0.3, 0.4) is 0 Å². The standard InChI is InChI=1S/C68H43N7/c1-5-19-42(20-6-1)63-69-64(43-21-7-2-8-22-43)72-67(71-63)47-35-37-53-56(40-47)60-51-29-13-14-30-52(51)61(53)57-41-48(36-38-54(57)60)68-73-65(44-23-9-3-10-24-44)70-66(74-68)46-26-17-25-45(39-46)50-32-18-34-59-62(50)55-31-15-16-33-58(55)75(59)49-27-11-4-12-28-49/h1-41,60-61H. The summed E-state index contributed by atoms with van der Waals surface area (Å²) in [7, 11) is 0. The van der Waals surface area contributed by atoms with Gasteiger partial charge in [-0.25, -0.2) is 29.9 Å². The fraction of sp³-hybridized carbons (Fsp3) is 0.0294. The lowest BCUT2D eigenvalue weighted by molar-refractivity contribution is 0.754. The molecule has 7 nitrogen and oxygen atoms in total. The molecule has 0 spiro atoms. The molecule has 3 aliphatic carbocycles. The Kier molecular flexibility index (Phi) is 9.88. The van der Waals surface area contributed by atoms with Crippen molar-refractivity contribution in [3.05, 3.63) is 282 Å². The molecule has 0 saturated heterocycles. The van der Waals surface area contributed by atoms with Crippen LogP contribution in [-0.2, 0) is 0 Å². The van der Waals surface area contributed by atoms with Crippen LogP contribution in [0.15, 0.2) is 249 Å². The van der Waals surface area contributed by atoms with E-state index in [9.17, 15) is 0 Å². The lowest BCUT2D eigenvalue weighted by atomic mass is 9.61. The van der Waals surface area contributed by atoms with Gasteiger partial charge in [-0.2, -0.15) is 0 Å². The summed E-state index contributed by atoms with van der Waals surface area (Å²) in [5.74, 6) is 3.83. The molecule has 75 heavy (non-hydrogen) atoms. The van der Waals surface area contributed by atoms with Gasteiger partial charge in [0.1, 0.15) is 0 Å². The molecule has 0 aliphatic heterocycles. The van der Waals surface area contributed by atoms with E-state index >= 15 is 0 Å². The minimum Gasteiger partial charge on any atom is -0.309 e. The van der Waals surface area contributed by atoms with E-state index in [1.807, 2.05) is 54.6 Å². The van der Waals surface area contributed by atoms with E-state index in [2.05, 4.69) is 199 Å². The Balaban J connectivity index is 0.845. The van der Waals surface area contributed by atoms with E-state index in [-0.39, 0.29) is 11.8 Å². The monoisotopic (exact) mass is 957 g/mol. The third-order valence-corrected chi connectivity index (χ3v) is 15.1. The minimum absolute atomic E-state index is 0.00504. The van der Waals surface area contributed by atoms with Gasteiger partial charge in [-0.05, 0) is 87.0 Å². The summed E-state index contributed by atoms with van der Waals surface area (Å²) in [6.45, 7) is 0. The summed E-state index contributed by atoms with van der Waals surface area (Å²) in [5.41, 5.74) is 19.1. The first kappa shape index (κ1) is 42.7. The van der Waals surface area contributed by atoms with Crippen molar-refractivity contribution < 1.29 is 0 Å². The number of hydrogen-bond donors (Lipinski definition) is 0. The SMILES string of the molecule is c1ccc(-c2nc(-c3ccccc3)nc(-c3ccc4c(c3)C3c5ccccc5C4c4cc(-c5nc(-c6ccccc6)nc(-c6cccc(-c7cccc8c7c7ccccc7n8-c7ccccc7)c6)n5)ccc43)n2)cc1. The van der Waals surface area contributed by atoms with Gasteiger partial charge in [0.05, 0.1) is 11.0 Å². The molecule has 0 amide bonds. The first-order valence-corrected chi connectivity index (χ1v) is 25.4. The highest BCUT2D eigenvalue weighted by atomic mass is 15.0. The first-order chi connectivity index (χ1) is 37.2. The summed E-state index contributed by atoms with van der Waals surface area (Å²) in [6.07, 6.45) is 0. The first-order valence-electron chi connectivity index (χ1n) is 25.4. The van der Waals surface area contributed by atoms with E-state index in [1.165, 1.54) is 49.7 Å². The zero-order valence-corrected chi connectivity index (χ0v) is 40.5. The van der Waals surface area contributed by atoms with E-state index in [1.54, 1.807) is 0 Å². The second-order valence-electron chi connectivity index (χ2n) is 19.4. The zero-order chi connectivity index (χ0) is 49.4. The Morgan fingerprint density at radius 1 is 0.253 bits per heavy atom. The molecule has 16 rings (SSSR count). The van der Waals surface area contributed by atoms with Crippen LogP contribution in [0.5, 0.6) is 0 Å². The molecular weight excluding hydrogens is 915 g/mol. The van der Waals surface area contributed by atoms with Gasteiger partial charge in [0.25, 0.3) is 0 Å². The van der Waals surface area contributed by atoms with Crippen LogP contribution in [-0.4, -0.2) is 34.5 Å². The number of aromatic nitrogens is 7. The molecule has 3 aromatic heterocycles. The van der Waals surface area contributed by atoms with Crippen molar-refractivity contribution in [1.29, 1.82) is 0 Å². The van der Waals surface area contributed by atoms with Gasteiger partial charge in [0.15, 0.2) is 34.9 Å². The van der Waals surface area contributed by atoms with Crippen molar-refractivity contribution in [3.63, 3.8) is 0 Å². The van der Waals surface area contributed by atoms with E-state index in [0.29, 0.717) is 34.9 Å². The van der Waals surface area contributed by atoms with Gasteiger partial charge < -0.3 is 4.57 Å². The second kappa shape index (κ2) is 17.4. The maximum absolute atomic E-state index is 5.35. The van der Waals surface area contributed by atoms with Crippen molar-refractivity contribution in [2.75, 3.05) is 0 Å². The van der Waals surface area contributed by atoms with Crippen LogP contribution in [0.25, 0.3) is 107 Å². The fourth-order valence-electron chi connectivity index (χ4n) is 11.7. The summed E-state index contributed by atoms with van der Waals surface area (Å²) >= 11 is 0. The molecule has 3 heterocycles.